The van der Waals surface area contributed by atoms with Crippen molar-refractivity contribution in [2.45, 2.75) is 13.0 Å². The summed E-state index contributed by atoms with van der Waals surface area (Å²) >= 11 is 12.4. The van der Waals surface area contributed by atoms with Gasteiger partial charge in [-0.2, -0.15) is 10.2 Å². The van der Waals surface area contributed by atoms with Crippen molar-refractivity contribution in [1.82, 2.24) is 0 Å². The van der Waals surface area contributed by atoms with Crippen LogP contribution in [0.3, 0.4) is 0 Å². The predicted octanol–water partition coefficient (Wildman–Crippen LogP) is 4.60. The number of nitrogens with zero attached hydrogens (tertiary/aromatic N) is 3. The smallest absolute Gasteiger partial charge is 0.276 e. The molecule has 0 aromatic heterocycles. The molecule has 31 heavy (non-hydrogen) atoms. The molecule has 0 bridgehead atoms. The van der Waals surface area contributed by atoms with E-state index in [-0.39, 0.29) is 33.6 Å². The second-order valence-corrected chi connectivity index (χ2v) is 6.77. The van der Waals surface area contributed by atoms with E-state index in [1.807, 2.05) is 0 Å². The second-order valence-electron chi connectivity index (χ2n) is 6.02. The van der Waals surface area contributed by atoms with Gasteiger partial charge in [0.2, 0.25) is 6.04 Å². The van der Waals surface area contributed by atoms with E-state index < -0.39 is 17.7 Å². The average Bonchev–Trinajstić information content (AvgIpc) is 2.77. The zero-order valence-electron chi connectivity index (χ0n) is 17.5. The number of rotatable bonds is 9. The highest BCUT2D eigenvalue weighted by Crippen LogP contribution is 2.41. The van der Waals surface area contributed by atoms with E-state index in [0.29, 0.717) is 5.75 Å². The van der Waals surface area contributed by atoms with E-state index in [1.54, 1.807) is 18.2 Å². The SMILES string of the molecule is COc1cc(Cl)c(OC)c(N=NC(C(C)=O)C(=O)N(Cl)c2c(OC)cccc2OC)c1. The zero-order chi connectivity index (χ0) is 23.1. The van der Waals surface area contributed by atoms with Gasteiger partial charge in [-0.15, -0.1) is 0 Å². The van der Waals surface area contributed by atoms with Gasteiger partial charge >= 0.3 is 0 Å². The summed E-state index contributed by atoms with van der Waals surface area (Å²) in [5.41, 5.74) is 0.296. The van der Waals surface area contributed by atoms with Crippen LogP contribution in [0.15, 0.2) is 40.6 Å². The van der Waals surface area contributed by atoms with Crippen molar-refractivity contribution < 1.29 is 28.5 Å². The molecule has 0 saturated heterocycles. The average molecular weight is 470 g/mol. The van der Waals surface area contributed by atoms with Gasteiger partial charge in [0.05, 0.1) is 33.5 Å². The number of carbonyl (C=O) groups is 2. The molecule has 2 aromatic carbocycles. The van der Waals surface area contributed by atoms with Crippen LogP contribution in [0.5, 0.6) is 23.0 Å². The van der Waals surface area contributed by atoms with Gasteiger partial charge in [-0.05, 0) is 19.1 Å². The van der Waals surface area contributed by atoms with E-state index in [4.69, 9.17) is 42.3 Å². The number of carbonyl (C=O) groups excluding carboxylic acids is 2. The summed E-state index contributed by atoms with van der Waals surface area (Å²) in [7, 11) is 5.67. The van der Waals surface area contributed by atoms with Gasteiger partial charge in [0.1, 0.15) is 28.6 Å². The number of methoxy groups -OCH3 is 4. The number of amides is 1. The number of azo groups is 1. The molecule has 1 amide bonds. The van der Waals surface area contributed by atoms with Gasteiger partial charge in [0, 0.05) is 23.9 Å². The Kier molecular flexibility index (Phi) is 8.47. The van der Waals surface area contributed by atoms with Crippen molar-refractivity contribution in [2.75, 3.05) is 32.9 Å². The number of hydrogen-bond acceptors (Lipinski definition) is 8. The summed E-state index contributed by atoms with van der Waals surface area (Å²) in [6, 6.07) is 6.33. The minimum Gasteiger partial charge on any atom is -0.497 e. The van der Waals surface area contributed by atoms with Crippen molar-refractivity contribution in [3.63, 3.8) is 0 Å². The maximum Gasteiger partial charge on any atom is 0.276 e. The third kappa shape index (κ3) is 5.36. The topological polar surface area (TPSA) is 99.0 Å². The fourth-order valence-electron chi connectivity index (χ4n) is 2.62. The van der Waals surface area contributed by atoms with E-state index in [1.165, 1.54) is 47.5 Å². The van der Waals surface area contributed by atoms with Crippen LogP contribution in [0.1, 0.15) is 6.92 Å². The lowest BCUT2D eigenvalue weighted by atomic mass is 10.2. The molecule has 0 heterocycles. The molecule has 0 aliphatic carbocycles. The number of halogens is 2. The maximum atomic E-state index is 13.0. The summed E-state index contributed by atoms with van der Waals surface area (Å²) in [5, 5.41) is 8.12. The largest absolute Gasteiger partial charge is 0.497 e. The highest BCUT2D eigenvalue weighted by molar-refractivity contribution is 6.40. The van der Waals surface area contributed by atoms with Gasteiger partial charge < -0.3 is 18.9 Å². The van der Waals surface area contributed by atoms with Crippen LogP contribution < -0.4 is 23.4 Å². The lowest BCUT2D eigenvalue weighted by Crippen LogP contribution is -2.36. The normalized spacial score (nSPS) is 11.7. The summed E-state index contributed by atoms with van der Waals surface area (Å²) in [6.45, 7) is 1.20. The first-order valence-electron chi connectivity index (χ1n) is 8.82. The van der Waals surface area contributed by atoms with Crippen LogP contribution in [0.4, 0.5) is 11.4 Å². The first-order valence-corrected chi connectivity index (χ1v) is 9.54. The quantitative estimate of drug-likeness (QED) is 0.302. The fraction of sp³-hybridized carbons (Fsp3) is 0.300. The fourth-order valence-corrected chi connectivity index (χ4v) is 3.16. The maximum absolute atomic E-state index is 13.0. The lowest BCUT2D eigenvalue weighted by molar-refractivity contribution is -0.126. The number of para-hydroxylation sites is 1. The minimum atomic E-state index is -1.54. The Morgan fingerprint density at radius 2 is 1.61 bits per heavy atom. The summed E-state index contributed by atoms with van der Waals surface area (Å²) < 4.78 is 21.6. The van der Waals surface area contributed by atoms with Crippen molar-refractivity contribution in [1.29, 1.82) is 0 Å². The molecule has 0 aliphatic heterocycles. The molecule has 1 unspecified atom stereocenters. The standard InChI is InChI=1S/C20H21Cl2N3O6/c1-11(26)17(24-23-14-10-12(28-2)9-13(21)19(14)31-5)20(27)25(22)18-15(29-3)7-6-8-16(18)30-4/h6-10,17H,1-5H3. The molecule has 1 atom stereocenters. The summed E-state index contributed by atoms with van der Waals surface area (Å²) in [4.78, 5) is 25.2. The third-order valence-electron chi connectivity index (χ3n) is 4.13. The molecule has 2 aromatic rings. The molecule has 9 nitrogen and oxygen atoms in total. The monoisotopic (exact) mass is 469 g/mol. The van der Waals surface area contributed by atoms with Crippen molar-refractivity contribution in [2.24, 2.45) is 10.2 Å². The Labute approximate surface area is 189 Å². The van der Waals surface area contributed by atoms with Crippen molar-refractivity contribution in [3.8, 4) is 23.0 Å². The molecule has 11 heteroatoms. The first kappa shape index (κ1) is 24.2. The van der Waals surface area contributed by atoms with Crippen LogP contribution >= 0.6 is 23.4 Å². The Morgan fingerprint density at radius 3 is 2.10 bits per heavy atom. The molecule has 0 N–H and O–H groups in total. The number of hydrogen-bond donors (Lipinski definition) is 0. The van der Waals surface area contributed by atoms with Gasteiger partial charge in [0.15, 0.2) is 11.5 Å². The van der Waals surface area contributed by atoms with Crippen LogP contribution in [-0.4, -0.2) is 46.2 Å². The van der Waals surface area contributed by atoms with Gasteiger partial charge in [-0.25, -0.2) is 4.42 Å². The summed E-state index contributed by atoms with van der Waals surface area (Å²) in [5.74, 6) is -0.306. The number of anilines is 1. The molecular formula is C20H21Cl2N3O6. The third-order valence-corrected chi connectivity index (χ3v) is 4.75. The number of ketones is 1. The molecule has 2 rings (SSSR count). The van der Waals surface area contributed by atoms with E-state index in [2.05, 4.69) is 10.2 Å². The Morgan fingerprint density at radius 1 is 1.00 bits per heavy atom. The van der Waals surface area contributed by atoms with E-state index in [9.17, 15) is 9.59 Å². The molecule has 0 saturated carbocycles. The highest BCUT2D eigenvalue weighted by Gasteiger charge is 2.32. The first-order chi connectivity index (χ1) is 14.8. The van der Waals surface area contributed by atoms with Crippen LogP contribution in [0.2, 0.25) is 5.02 Å². The van der Waals surface area contributed by atoms with E-state index >= 15 is 0 Å². The Balaban J connectivity index is 2.45. The number of Topliss-reactive ketones (excluding diaryl/α,β-unsaturated/α-hetero) is 1. The zero-order valence-corrected chi connectivity index (χ0v) is 19.0. The van der Waals surface area contributed by atoms with Gasteiger partial charge in [-0.3, -0.25) is 9.59 Å². The van der Waals surface area contributed by atoms with E-state index in [0.717, 1.165) is 4.42 Å². The molecule has 0 fully saturated rings. The molecule has 0 aliphatic rings. The molecule has 0 radical (unpaired) electrons. The molecule has 166 valence electrons. The van der Waals surface area contributed by atoms with Crippen LogP contribution in [0, 0.1) is 0 Å². The van der Waals surface area contributed by atoms with Gasteiger partial charge in [0.25, 0.3) is 5.91 Å². The van der Waals surface area contributed by atoms with Crippen molar-refractivity contribution in [3.05, 3.63) is 35.4 Å². The molecular weight excluding hydrogens is 449 g/mol. The number of ether oxygens (including phenoxy) is 4. The van der Waals surface area contributed by atoms with Crippen LogP contribution in [0.25, 0.3) is 0 Å². The molecule has 0 spiro atoms. The summed E-state index contributed by atoms with van der Waals surface area (Å²) in [6.07, 6.45) is 0. The van der Waals surface area contributed by atoms with Crippen LogP contribution in [-0.2, 0) is 9.59 Å². The second kappa shape index (κ2) is 10.8. The lowest BCUT2D eigenvalue weighted by Gasteiger charge is -2.21. The van der Waals surface area contributed by atoms with Crippen molar-refractivity contribution >= 4 is 46.4 Å². The minimum absolute atomic E-state index is 0.127. The van der Waals surface area contributed by atoms with Gasteiger partial charge in [-0.1, -0.05) is 17.7 Å². The predicted molar refractivity (Wildman–Crippen MR) is 116 cm³/mol. The number of benzene rings is 2. The Bertz CT molecular complexity index is 977. The Hall–Kier alpha value is -3.04. The highest BCUT2D eigenvalue weighted by atomic mass is 35.5.